The lowest BCUT2D eigenvalue weighted by atomic mass is 10.1. The summed E-state index contributed by atoms with van der Waals surface area (Å²) in [5.41, 5.74) is 1.12. The van der Waals surface area contributed by atoms with E-state index in [9.17, 15) is 0 Å². The van der Waals surface area contributed by atoms with Gasteiger partial charge in [-0.25, -0.2) is 0 Å². The summed E-state index contributed by atoms with van der Waals surface area (Å²) in [7, 11) is 2.06. The SMILES string of the molecule is CCCNC1CCCCCC1Sc1cc(C)nn1C. The Balaban J connectivity index is 2.02. The first-order valence-electron chi connectivity index (χ1n) is 7.61. The molecule has 2 unspecified atom stereocenters. The molecule has 1 N–H and O–H groups in total. The van der Waals surface area contributed by atoms with Gasteiger partial charge in [-0.2, -0.15) is 5.10 Å². The van der Waals surface area contributed by atoms with E-state index >= 15 is 0 Å². The van der Waals surface area contributed by atoms with E-state index in [4.69, 9.17) is 0 Å². The number of hydrogen-bond donors (Lipinski definition) is 1. The highest BCUT2D eigenvalue weighted by atomic mass is 32.2. The first-order valence-corrected chi connectivity index (χ1v) is 8.49. The Morgan fingerprint density at radius 1 is 1.37 bits per heavy atom. The maximum atomic E-state index is 4.46. The van der Waals surface area contributed by atoms with Crippen molar-refractivity contribution in [3.05, 3.63) is 11.8 Å². The minimum Gasteiger partial charge on any atom is -0.313 e. The van der Waals surface area contributed by atoms with E-state index < -0.39 is 0 Å². The van der Waals surface area contributed by atoms with Gasteiger partial charge in [-0.3, -0.25) is 4.68 Å². The molecule has 3 nitrogen and oxygen atoms in total. The van der Waals surface area contributed by atoms with Crippen LogP contribution in [0, 0.1) is 6.92 Å². The highest BCUT2D eigenvalue weighted by Gasteiger charge is 2.25. The zero-order chi connectivity index (χ0) is 13.7. The smallest absolute Gasteiger partial charge is 0.0942 e. The predicted octanol–water partition coefficient (Wildman–Crippen LogP) is 3.52. The average Bonchev–Trinajstić information content (AvgIpc) is 2.59. The third-order valence-electron chi connectivity index (χ3n) is 3.84. The van der Waals surface area contributed by atoms with Crippen LogP contribution in [0.2, 0.25) is 0 Å². The Morgan fingerprint density at radius 2 is 2.16 bits per heavy atom. The van der Waals surface area contributed by atoms with Crippen LogP contribution in [-0.2, 0) is 7.05 Å². The lowest BCUT2D eigenvalue weighted by Crippen LogP contribution is -2.38. The fourth-order valence-corrected chi connectivity index (χ4v) is 4.25. The molecule has 1 aromatic rings. The molecule has 108 valence electrons. The second-order valence-electron chi connectivity index (χ2n) is 5.60. The van der Waals surface area contributed by atoms with Gasteiger partial charge in [0, 0.05) is 18.3 Å². The van der Waals surface area contributed by atoms with E-state index in [1.807, 2.05) is 16.4 Å². The summed E-state index contributed by atoms with van der Waals surface area (Å²) in [5.74, 6) is 0. The van der Waals surface area contributed by atoms with E-state index in [2.05, 4.69) is 37.4 Å². The van der Waals surface area contributed by atoms with Crippen LogP contribution in [0.1, 0.15) is 51.1 Å². The number of thioether (sulfide) groups is 1. The van der Waals surface area contributed by atoms with Gasteiger partial charge in [-0.1, -0.05) is 26.2 Å². The van der Waals surface area contributed by atoms with Crippen LogP contribution < -0.4 is 5.32 Å². The fraction of sp³-hybridized carbons (Fsp3) is 0.800. The van der Waals surface area contributed by atoms with Gasteiger partial charge in [0.1, 0.15) is 0 Å². The highest BCUT2D eigenvalue weighted by molar-refractivity contribution is 7.99. The Hall–Kier alpha value is -0.480. The van der Waals surface area contributed by atoms with Crippen LogP contribution in [0.4, 0.5) is 0 Å². The van der Waals surface area contributed by atoms with Crippen LogP contribution in [0.25, 0.3) is 0 Å². The second kappa shape index (κ2) is 7.34. The number of nitrogens with zero attached hydrogens (tertiary/aromatic N) is 2. The topological polar surface area (TPSA) is 29.9 Å². The van der Waals surface area contributed by atoms with Gasteiger partial charge in [0.15, 0.2) is 0 Å². The molecule has 1 aliphatic carbocycles. The van der Waals surface area contributed by atoms with Crippen LogP contribution in [-0.4, -0.2) is 27.6 Å². The number of hydrogen-bond acceptors (Lipinski definition) is 3. The molecule has 0 radical (unpaired) electrons. The molecule has 19 heavy (non-hydrogen) atoms. The molecule has 2 atom stereocenters. The lowest BCUT2D eigenvalue weighted by Gasteiger charge is -2.25. The normalized spacial score (nSPS) is 24.4. The largest absolute Gasteiger partial charge is 0.313 e. The van der Waals surface area contributed by atoms with Crippen molar-refractivity contribution in [2.24, 2.45) is 7.05 Å². The summed E-state index contributed by atoms with van der Waals surface area (Å²) in [5, 5.41) is 10.2. The van der Waals surface area contributed by atoms with E-state index in [0.717, 1.165) is 12.2 Å². The maximum Gasteiger partial charge on any atom is 0.0942 e. The van der Waals surface area contributed by atoms with Gasteiger partial charge in [0.2, 0.25) is 0 Å². The second-order valence-corrected chi connectivity index (χ2v) is 6.86. The van der Waals surface area contributed by atoms with E-state index in [0.29, 0.717) is 11.3 Å². The highest BCUT2D eigenvalue weighted by Crippen LogP contribution is 2.33. The molecule has 1 fully saturated rings. The Bertz CT molecular complexity index is 389. The van der Waals surface area contributed by atoms with Gasteiger partial charge in [-0.05, 0) is 38.8 Å². The molecule has 0 amide bonds. The molecule has 2 rings (SSSR count). The average molecular weight is 281 g/mol. The van der Waals surface area contributed by atoms with Crippen molar-refractivity contribution in [2.75, 3.05) is 6.54 Å². The molecule has 0 bridgehead atoms. The van der Waals surface area contributed by atoms with Crippen molar-refractivity contribution in [3.8, 4) is 0 Å². The third-order valence-corrected chi connectivity index (χ3v) is 5.33. The van der Waals surface area contributed by atoms with Crippen LogP contribution in [0.15, 0.2) is 11.1 Å². The lowest BCUT2D eigenvalue weighted by molar-refractivity contribution is 0.469. The van der Waals surface area contributed by atoms with E-state index in [1.54, 1.807) is 0 Å². The Kier molecular flexibility index (Phi) is 5.76. The summed E-state index contributed by atoms with van der Waals surface area (Å²) in [4.78, 5) is 0. The minimum atomic E-state index is 0.669. The molecule has 0 aliphatic heterocycles. The molecule has 0 spiro atoms. The molecule has 4 heteroatoms. The van der Waals surface area contributed by atoms with E-state index in [-0.39, 0.29) is 0 Å². The molecule has 1 heterocycles. The third kappa shape index (κ3) is 4.25. The van der Waals surface area contributed by atoms with Crippen molar-refractivity contribution < 1.29 is 0 Å². The summed E-state index contributed by atoms with van der Waals surface area (Å²) in [6.07, 6.45) is 8.02. The standard InChI is InChI=1S/C15H27N3S/c1-4-10-16-13-8-6-5-7-9-14(13)19-15-11-12(2)17-18(15)3/h11,13-14,16H,4-10H2,1-3H3. The van der Waals surface area contributed by atoms with Crippen molar-refractivity contribution in [1.82, 2.24) is 15.1 Å². The molecule has 0 saturated heterocycles. The zero-order valence-electron chi connectivity index (χ0n) is 12.5. The molecule has 1 aromatic heterocycles. The quantitative estimate of drug-likeness (QED) is 0.838. The molecular weight excluding hydrogens is 254 g/mol. The van der Waals surface area contributed by atoms with Crippen molar-refractivity contribution in [1.29, 1.82) is 0 Å². The Labute approximate surface area is 121 Å². The number of aryl methyl sites for hydroxylation is 2. The van der Waals surface area contributed by atoms with Crippen molar-refractivity contribution >= 4 is 11.8 Å². The fourth-order valence-electron chi connectivity index (χ4n) is 2.83. The van der Waals surface area contributed by atoms with Crippen LogP contribution >= 0.6 is 11.8 Å². The molecule has 1 aliphatic rings. The number of nitrogens with one attached hydrogen (secondary N) is 1. The summed E-state index contributed by atoms with van der Waals surface area (Å²) >= 11 is 2.02. The van der Waals surface area contributed by atoms with Crippen LogP contribution in [0.3, 0.4) is 0 Å². The Morgan fingerprint density at radius 3 is 2.84 bits per heavy atom. The van der Waals surface area contributed by atoms with Gasteiger partial charge >= 0.3 is 0 Å². The van der Waals surface area contributed by atoms with Crippen molar-refractivity contribution in [2.45, 2.75) is 68.7 Å². The van der Waals surface area contributed by atoms with Crippen LogP contribution in [0.5, 0.6) is 0 Å². The van der Waals surface area contributed by atoms with Gasteiger partial charge < -0.3 is 5.32 Å². The predicted molar refractivity (Wildman–Crippen MR) is 82.8 cm³/mol. The van der Waals surface area contributed by atoms with Gasteiger partial charge in [0.25, 0.3) is 0 Å². The van der Waals surface area contributed by atoms with Gasteiger partial charge in [0.05, 0.1) is 10.7 Å². The minimum absolute atomic E-state index is 0.669. The number of rotatable bonds is 5. The summed E-state index contributed by atoms with van der Waals surface area (Å²) < 4.78 is 2.03. The summed E-state index contributed by atoms with van der Waals surface area (Å²) in [6, 6.07) is 2.88. The summed E-state index contributed by atoms with van der Waals surface area (Å²) in [6.45, 7) is 5.46. The zero-order valence-corrected chi connectivity index (χ0v) is 13.3. The number of aromatic nitrogens is 2. The van der Waals surface area contributed by atoms with E-state index in [1.165, 1.54) is 43.6 Å². The monoisotopic (exact) mass is 281 g/mol. The first kappa shape index (κ1) is 14.9. The maximum absolute atomic E-state index is 4.46. The molecule has 0 aromatic carbocycles. The molecular formula is C15H27N3S. The van der Waals surface area contributed by atoms with Crippen molar-refractivity contribution in [3.63, 3.8) is 0 Å². The first-order chi connectivity index (χ1) is 9.20. The van der Waals surface area contributed by atoms with Gasteiger partial charge in [-0.15, -0.1) is 11.8 Å². The molecule has 1 saturated carbocycles.